The first-order valence-corrected chi connectivity index (χ1v) is 11.9. The lowest BCUT2D eigenvalue weighted by atomic mass is 10.1. The van der Waals surface area contributed by atoms with Crippen molar-refractivity contribution in [2.45, 2.75) is 43.9 Å². The number of anilines is 1. The molecular weight excluding hydrogens is 428 g/mol. The average Bonchev–Trinajstić information content (AvgIpc) is 3.56. The first-order valence-electron chi connectivity index (χ1n) is 11.9. The number of benzene rings is 2. The van der Waals surface area contributed by atoms with E-state index in [1.165, 1.54) is 16.8 Å². The van der Waals surface area contributed by atoms with Gasteiger partial charge in [-0.05, 0) is 30.3 Å². The summed E-state index contributed by atoms with van der Waals surface area (Å²) < 4.78 is 14.3. The Morgan fingerprint density at radius 3 is 2.44 bits per heavy atom. The molecule has 8 nitrogen and oxygen atoms in total. The zero-order valence-electron chi connectivity index (χ0n) is 20.2. The molecule has 2 aliphatic rings. The van der Waals surface area contributed by atoms with Gasteiger partial charge in [-0.1, -0.05) is 47.7 Å². The number of ether oxygens (including phenoxy) is 2. The van der Waals surface area contributed by atoms with Crippen molar-refractivity contribution in [1.82, 2.24) is 25.2 Å². The second kappa shape index (κ2) is 10.2. The minimum absolute atomic E-state index is 0.00906. The van der Waals surface area contributed by atoms with E-state index in [2.05, 4.69) is 95.1 Å². The molecule has 0 amide bonds. The average molecular weight is 463 g/mol. The van der Waals surface area contributed by atoms with Crippen LogP contribution in [0.1, 0.15) is 22.9 Å². The summed E-state index contributed by atoms with van der Waals surface area (Å²) in [6.07, 6.45) is 2.05. The van der Waals surface area contributed by atoms with E-state index in [9.17, 15) is 0 Å². The quantitative estimate of drug-likeness (QED) is 0.524. The third-order valence-corrected chi connectivity index (χ3v) is 6.67. The molecule has 180 valence electrons. The number of nitrogens with zero attached hydrogens (tertiary/aromatic N) is 5. The van der Waals surface area contributed by atoms with Crippen LogP contribution in [-0.4, -0.2) is 72.5 Å². The Hall–Kier alpha value is -2.78. The van der Waals surface area contributed by atoms with Crippen LogP contribution in [0.3, 0.4) is 0 Å². The van der Waals surface area contributed by atoms with E-state index in [-0.39, 0.29) is 24.3 Å². The van der Waals surface area contributed by atoms with Crippen LogP contribution in [0.15, 0.2) is 60.8 Å². The summed E-state index contributed by atoms with van der Waals surface area (Å²) in [7, 11) is 6.21. The zero-order chi connectivity index (χ0) is 23.5. The van der Waals surface area contributed by atoms with Crippen molar-refractivity contribution in [2.75, 3.05) is 39.3 Å². The van der Waals surface area contributed by atoms with Gasteiger partial charge in [-0.3, -0.25) is 4.90 Å². The van der Waals surface area contributed by atoms with Crippen molar-refractivity contribution in [3.8, 4) is 0 Å². The second-order valence-corrected chi connectivity index (χ2v) is 9.56. The Labute approximate surface area is 201 Å². The first kappa shape index (κ1) is 23.0. The van der Waals surface area contributed by atoms with Gasteiger partial charge in [-0.25, -0.2) is 4.68 Å². The highest BCUT2D eigenvalue weighted by Crippen LogP contribution is 2.34. The van der Waals surface area contributed by atoms with Crippen LogP contribution >= 0.6 is 0 Å². The number of hydrogen-bond acceptors (Lipinski definition) is 7. The molecule has 4 unspecified atom stereocenters. The number of aromatic nitrogens is 3. The maximum absolute atomic E-state index is 6.17. The van der Waals surface area contributed by atoms with Gasteiger partial charge in [0.05, 0.1) is 31.1 Å². The van der Waals surface area contributed by atoms with Crippen LogP contribution in [0, 0.1) is 0 Å². The predicted octanol–water partition coefficient (Wildman–Crippen LogP) is 2.47. The van der Waals surface area contributed by atoms with Crippen molar-refractivity contribution >= 4 is 5.69 Å². The molecular formula is C26H34N6O2. The van der Waals surface area contributed by atoms with Crippen LogP contribution in [0.2, 0.25) is 0 Å². The highest BCUT2D eigenvalue weighted by Gasteiger charge is 2.48. The van der Waals surface area contributed by atoms with Gasteiger partial charge in [-0.15, -0.1) is 5.10 Å². The summed E-state index contributed by atoms with van der Waals surface area (Å²) in [4.78, 5) is 4.35. The maximum atomic E-state index is 6.17. The highest BCUT2D eigenvalue weighted by atomic mass is 16.6. The minimum atomic E-state index is -0.00906. The molecule has 0 bridgehead atoms. The predicted molar refractivity (Wildman–Crippen MR) is 132 cm³/mol. The standard InChI is InChI=1S/C26H34N6O2/c1-30(2)22-11-9-19(10-12-22)13-27-23-17-33-26-24(18-34-25(23)26)32-16-21(28-29-32)15-31(3)14-20-7-5-4-6-8-20/h4-12,16,23-27H,13-15,17-18H2,1-3H3. The van der Waals surface area contributed by atoms with Crippen molar-refractivity contribution in [1.29, 1.82) is 0 Å². The molecule has 1 aromatic heterocycles. The molecule has 2 fully saturated rings. The molecule has 0 radical (unpaired) electrons. The largest absolute Gasteiger partial charge is 0.378 e. The van der Waals surface area contributed by atoms with Gasteiger partial charge in [0.25, 0.3) is 0 Å². The van der Waals surface area contributed by atoms with Gasteiger partial charge in [0.15, 0.2) is 0 Å². The number of nitrogens with one attached hydrogen (secondary N) is 1. The number of fused-ring (bicyclic) bond motifs is 1. The Morgan fingerprint density at radius 1 is 0.912 bits per heavy atom. The van der Waals surface area contributed by atoms with Crippen LogP contribution in [0.4, 0.5) is 5.69 Å². The van der Waals surface area contributed by atoms with Crippen LogP contribution in [0.5, 0.6) is 0 Å². The summed E-state index contributed by atoms with van der Waals surface area (Å²) in [6.45, 7) is 3.64. The van der Waals surface area contributed by atoms with E-state index in [1.54, 1.807) is 0 Å². The SMILES string of the molecule is CN(Cc1ccccc1)Cc1cn(C2COC3C(NCc4ccc(N(C)C)cc4)COC32)nn1. The van der Waals surface area contributed by atoms with Gasteiger partial charge in [0, 0.05) is 39.4 Å². The summed E-state index contributed by atoms with van der Waals surface area (Å²) in [5.41, 5.74) is 4.70. The molecule has 1 N–H and O–H groups in total. The van der Waals surface area contributed by atoms with Crippen LogP contribution in [-0.2, 0) is 29.1 Å². The van der Waals surface area contributed by atoms with E-state index in [0.717, 1.165) is 25.3 Å². The van der Waals surface area contributed by atoms with E-state index in [0.29, 0.717) is 13.2 Å². The van der Waals surface area contributed by atoms with Crippen molar-refractivity contribution < 1.29 is 9.47 Å². The van der Waals surface area contributed by atoms with Gasteiger partial charge in [0.1, 0.15) is 18.2 Å². The third-order valence-electron chi connectivity index (χ3n) is 6.67. The lowest BCUT2D eigenvalue weighted by Gasteiger charge is -2.18. The van der Waals surface area contributed by atoms with Crippen LogP contribution in [0.25, 0.3) is 0 Å². The molecule has 0 saturated carbocycles. The second-order valence-electron chi connectivity index (χ2n) is 9.56. The summed E-state index contributed by atoms with van der Waals surface area (Å²) in [5.74, 6) is 0. The van der Waals surface area contributed by atoms with E-state index >= 15 is 0 Å². The normalized spacial score (nSPS) is 24.0. The Kier molecular flexibility index (Phi) is 6.92. The minimum Gasteiger partial charge on any atom is -0.378 e. The Balaban J connectivity index is 1.14. The topological polar surface area (TPSA) is 67.7 Å². The zero-order valence-corrected chi connectivity index (χ0v) is 20.2. The van der Waals surface area contributed by atoms with Gasteiger partial charge in [-0.2, -0.15) is 0 Å². The Bertz CT molecular complexity index is 1050. The maximum Gasteiger partial charge on any atom is 0.110 e. The summed E-state index contributed by atoms with van der Waals surface area (Å²) >= 11 is 0. The molecule has 0 spiro atoms. The monoisotopic (exact) mass is 462 g/mol. The van der Waals surface area contributed by atoms with Gasteiger partial charge in [0.2, 0.25) is 0 Å². The van der Waals surface area contributed by atoms with Crippen molar-refractivity contribution in [2.24, 2.45) is 0 Å². The molecule has 8 heteroatoms. The highest BCUT2D eigenvalue weighted by molar-refractivity contribution is 5.45. The fourth-order valence-electron chi connectivity index (χ4n) is 4.82. The van der Waals surface area contributed by atoms with Crippen molar-refractivity contribution in [3.05, 3.63) is 77.6 Å². The molecule has 2 saturated heterocycles. The molecule has 5 rings (SSSR count). The van der Waals surface area contributed by atoms with E-state index in [4.69, 9.17) is 9.47 Å². The smallest absolute Gasteiger partial charge is 0.110 e. The lowest BCUT2D eigenvalue weighted by molar-refractivity contribution is 0.0619. The number of rotatable bonds is 9. The van der Waals surface area contributed by atoms with E-state index < -0.39 is 0 Å². The fraction of sp³-hybridized carbons (Fsp3) is 0.462. The molecule has 2 aromatic carbocycles. The van der Waals surface area contributed by atoms with Gasteiger partial charge >= 0.3 is 0 Å². The summed E-state index contributed by atoms with van der Waals surface area (Å²) in [5, 5.41) is 12.5. The van der Waals surface area contributed by atoms with Gasteiger partial charge < -0.3 is 19.7 Å². The molecule has 34 heavy (non-hydrogen) atoms. The van der Waals surface area contributed by atoms with Crippen molar-refractivity contribution in [3.63, 3.8) is 0 Å². The number of hydrogen-bond donors (Lipinski definition) is 1. The molecule has 4 atom stereocenters. The fourth-order valence-corrected chi connectivity index (χ4v) is 4.82. The third kappa shape index (κ3) is 5.15. The first-order chi connectivity index (χ1) is 16.6. The van der Waals surface area contributed by atoms with Crippen LogP contribution < -0.4 is 10.2 Å². The lowest BCUT2D eigenvalue weighted by Crippen LogP contribution is -2.40. The summed E-state index contributed by atoms with van der Waals surface area (Å²) in [6, 6.07) is 19.3. The molecule has 3 aromatic rings. The molecule has 3 heterocycles. The molecule has 0 aliphatic carbocycles. The Morgan fingerprint density at radius 2 is 1.68 bits per heavy atom. The molecule has 2 aliphatic heterocycles. The van der Waals surface area contributed by atoms with E-state index in [1.807, 2.05) is 16.9 Å².